The summed E-state index contributed by atoms with van der Waals surface area (Å²) in [5, 5.41) is 0.584. The Morgan fingerprint density at radius 2 is 1.73 bits per heavy atom. The molecule has 2 amide bonds. The van der Waals surface area contributed by atoms with E-state index in [4.69, 9.17) is 16.3 Å². The fraction of sp³-hybridized carbons (Fsp3) is 0.400. The van der Waals surface area contributed by atoms with Gasteiger partial charge in [-0.3, -0.25) is 14.4 Å². The molecule has 174 valence electrons. The molecule has 1 atom stereocenters. The number of halogens is 1. The van der Waals surface area contributed by atoms with Crippen molar-refractivity contribution in [1.29, 1.82) is 0 Å². The first-order chi connectivity index (χ1) is 16.0. The number of esters is 1. The zero-order valence-corrected chi connectivity index (χ0v) is 20.1. The highest BCUT2D eigenvalue weighted by Gasteiger charge is 2.33. The Morgan fingerprint density at radius 3 is 2.36 bits per heavy atom. The molecule has 0 spiro atoms. The Hall–Kier alpha value is -2.51. The van der Waals surface area contributed by atoms with Crippen molar-refractivity contribution in [2.45, 2.75) is 31.7 Å². The molecule has 33 heavy (non-hydrogen) atoms. The molecule has 0 radical (unpaired) electrons. The molecule has 2 aliphatic rings. The van der Waals surface area contributed by atoms with E-state index < -0.39 is 0 Å². The van der Waals surface area contributed by atoms with Crippen molar-refractivity contribution in [2.24, 2.45) is 5.92 Å². The summed E-state index contributed by atoms with van der Waals surface area (Å²) in [5.74, 6) is 0.219. The summed E-state index contributed by atoms with van der Waals surface area (Å²) in [6.07, 6.45) is 1.26. The fourth-order valence-corrected chi connectivity index (χ4v) is 5.55. The number of carbonyl (C=O) groups excluding carboxylic acids is 3. The van der Waals surface area contributed by atoms with E-state index in [1.807, 2.05) is 53.4 Å². The van der Waals surface area contributed by atoms with Gasteiger partial charge in [-0.05, 0) is 55.2 Å². The molecule has 0 aromatic heterocycles. The number of amides is 2. The summed E-state index contributed by atoms with van der Waals surface area (Å²) < 4.78 is 5.10. The van der Waals surface area contributed by atoms with E-state index in [-0.39, 0.29) is 29.1 Å². The number of rotatable bonds is 6. The minimum atomic E-state index is -0.166. The number of hydrogen-bond donors (Lipinski definition) is 0. The molecule has 2 aliphatic heterocycles. The van der Waals surface area contributed by atoms with Gasteiger partial charge < -0.3 is 14.5 Å². The summed E-state index contributed by atoms with van der Waals surface area (Å²) in [6, 6.07) is 15.1. The van der Waals surface area contributed by atoms with Crippen LogP contribution in [0.3, 0.4) is 0 Å². The normalized spacial score (nSPS) is 19.1. The molecule has 2 aromatic carbocycles. The molecule has 0 aliphatic carbocycles. The van der Waals surface area contributed by atoms with Gasteiger partial charge in [0.25, 0.3) is 5.91 Å². The van der Waals surface area contributed by atoms with E-state index in [2.05, 4.69) is 0 Å². The zero-order chi connectivity index (χ0) is 23.4. The highest BCUT2D eigenvalue weighted by atomic mass is 35.5. The van der Waals surface area contributed by atoms with Gasteiger partial charge >= 0.3 is 5.97 Å². The third-order valence-electron chi connectivity index (χ3n) is 6.08. The molecule has 6 nitrogen and oxygen atoms in total. The lowest BCUT2D eigenvalue weighted by molar-refractivity contribution is -0.149. The van der Waals surface area contributed by atoms with Crippen molar-refractivity contribution in [3.05, 3.63) is 70.2 Å². The molecule has 0 N–H and O–H groups in total. The largest absolute Gasteiger partial charge is 0.466 e. The number of piperidine rings is 1. The van der Waals surface area contributed by atoms with E-state index in [0.29, 0.717) is 55.4 Å². The Morgan fingerprint density at radius 1 is 1.06 bits per heavy atom. The van der Waals surface area contributed by atoms with E-state index in [1.54, 1.807) is 23.6 Å². The summed E-state index contributed by atoms with van der Waals surface area (Å²) in [5.41, 5.74) is 2.64. The first-order valence-corrected chi connectivity index (χ1v) is 12.6. The van der Waals surface area contributed by atoms with Crippen LogP contribution in [0.2, 0.25) is 5.02 Å². The van der Waals surface area contributed by atoms with Gasteiger partial charge in [-0.25, -0.2) is 0 Å². The van der Waals surface area contributed by atoms with Crippen LogP contribution in [0.1, 0.15) is 46.6 Å². The Kier molecular flexibility index (Phi) is 7.60. The number of carbonyl (C=O) groups is 3. The number of ether oxygens (including phenoxy) is 1. The van der Waals surface area contributed by atoms with Crippen molar-refractivity contribution in [3.8, 4) is 0 Å². The lowest BCUT2D eigenvalue weighted by atomic mass is 9.96. The van der Waals surface area contributed by atoms with E-state index in [9.17, 15) is 14.4 Å². The van der Waals surface area contributed by atoms with E-state index in [1.165, 1.54) is 0 Å². The van der Waals surface area contributed by atoms with Crippen LogP contribution < -0.4 is 0 Å². The Labute approximate surface area is 203 Å². The smallest absolute Gasteiger partial charge is 0.309 e. The van der Waals surface area contributed by atoms with Gasteiger partial charge in [-0.2, -0.15) is 0 Å². The molecular weight excluding hydrogens is 460 g/mol. The average Bonchev–Trinajstić information content (AvgIpc) is 3.20. The predicted molar refractivity (Wildman–Crippen MR) is 129 cm³/mol. The molecule has 0 saturated carbocycles. The van der Waals surface area contributed by atoms with Crippen molar-refractivity contribution in [3.63, 3.8) is 0 Å². The second-order valence-corrected chi connectivity index (χ2v) is 9.76. The molecule has 0 bridgehead atoms. The lowest BCUT2D eigenvalue weighted by Crippen LogP contribution is -2.40. The van der Waals surface area contributed by atoms with Gasteiger partial charge in [0.2, 0.25) is 5.91 Å². The van der Waals surface area contributed by atoms with Gasteiger partial charge in [0.1, 0.15) is 5.37 Å². The van der Waals surface area contributed by atoms with E-state index >= 15 is 0 Å². The first-order valence-electron chi connectivity index (χ1n) is 11.2. The van der Waals surface area contributed by atoms with Crippen molar-refractivity contribution in [1.82, 2.24) is 9.80 Å². The molecule has 8 heteroatoms. The number of thioether (sulfide) groups is 1. The predicted octanol–water partition coefficient (Wildman–Crippen LogP) is 4.53. The maximum absolute atomic E-state index is 12.9. The van der Waals surface area contributed by atoms with Crippen LogP contribution in [0, 0.1) is 5.92 Å². The zero-order valence-electron chi connectivity index (χ0n) is 18.5. The average molecular weight is 487 g/mol. The van der Waals surface area contributed by atoms with Crippen molar-refractivity contribution >= 4 is 41.1 Å². The third kappa shape index (κ3) is 5.53. The molecule has 2 heterocycles. The Balaban J connectivity index is 1.39. The maximum Gasteiger partial charge on any atom is 0.309 e. The summed E-state index contributed by atoms with van der Waals surface area (Å²) in [4.78, 5) is 41.0. The monoisotopic (exact) mass is 486 g/mol. The number of likely N-dealkylation sites (tertiary alicyclic amines) is 1. The highest BCUT2D eigenvalue weighted by Crippen LogP contribution is 2.39. The summed E-state index contributed by atoms with van der Waals surface area (Å²) in [7, 11) is 0. The number of nitrogens with zero attached hydrogens (tertiary/aromatic N) is 2. The third-order valence-corrected chi connectivity index (χ3v) is 7.59. The minimum absolute atomic E-state index is 0.0305. The van der Waals surface area contributed by atoms with Crippen LogP contribution in [0.25, 0.3) is 0 Å². The standard InChI is InChI=1S/C25H27ClN2O4S/c1-2-32-25(31)20-11-13-27(14-12-20)23(30)18-5-7-19(8-6-18)24-28(22(29)16-33-24)15-17-3-9-21(26)10-4-17/h3-10,20,24H,2,11-16H2,1H3/t24-/m0/s1. The van der Waals surface area contributed by atoms with Crippen LogP contribution in [-0.4, -0.2) is 53.0 Å². The molecule has 2 fully saturated rings. The molecule has 2 aromatic rings. The van der Waals surface area contributed by atoms with Crippen molar-refractivity contribution < 1.29 is 19.1 Å². The van der Waals surface area contributed by atoms with E-state index in [0.717, 1.165) is 11.1 Å². The van der Waals surface area contributed by atoms with Gasteiger partial charge in [-0.1, -0.05) is 35.9 Å². The summed E-state index contributed by atoms with van der Waals surface area (Å²) in [6.45, 7) is 3.80. The Bertz CT molecular complexity index is 1000. The van der Waals surface area contributed by atoms with Gasteiger partial charge in [0.15, 0.2) is 0 Å². The minimum Gasteiger partial charge on any atom is -0.466 e. The van der Waals surface area contributed by atoms with Crippen LogP contribution in [-0.2, 0) is 20.9 Å². The maximum atomic E-state index is 12.9. The number of benzene rings is 2. The molecule has 2 saturated heterocycles. The van der Waals surface area contributed by atoms with Gasteiger partial charge in [-0.15, -0.1) is 11.8 Å². The molecule has 0 unspecified atom stereocenters. The topological polar surface area (TPSA) is 66.9 Å². The lowest BCUT2D eigenvalue weighted by Gasteiger charge is -2.31. The van der Waals surface area contributed by atoms with Gasteiger partial charge in [0.05, 0.1) is 18.3 Å². The first kappa shape index (κ1) is 23.6. The van der Waals surface area contributed by atoms with Crippen LogP contribution in [0.5, 0.6) is 0 Å². The highest BCUT2D eigenvalue weighted by molar-refractivity contribution is 8.00. The second-order valence-electron chi connectivity index (χ2n) is 8.25. The fourth-order valence-electron chi connectivity index (χ4n) is 4.24. The molecule has 4 rings (SSSR count). The number of hydrogen-bond acceptors (Lipinski definition) is 5. The molecular formula is C25H27ClN2O4S. The second kappa shape index (κ2) is 10.6. The van der Waals surface area contributed by atoms with Crippen LogP contribution in [0.4, 0.5) is 0 Å². The van der Waals surface area contributed by atoms with Gasteiger partial charge in [0, 0.05) is 30.2 Å². The van der Waals surface area contributed by atoms with Crippen molar-refractivity contribution in [2.75, 3.05) is 25.4 Å². The van der Waals surface area contributed by atoms with Crippen LogP contribution >= 0.6 is 23.4 Å². The quantitative estimate of drug-likeness (QED) is 0.561. The van der Waals surface area contributed by atoms with Crippen LogP contribution in [0.15, 0.2) is 48.5 Å². The SMILES string of the molecule is CCOC(=O)C1CCN(C(=O)c2ccc([C@@H]3SCC(=O)N3Cc3ccc(Cl)cc3)cc2)CC1. The summed E-state index contributed by atoms with van der Waals surface area (Å²) >= 11 is 7.57.